The maximum atomic E-state index is 12.3. The molecule has 4 N–H and O–H groups in total. The molecule has 0 bridgehead atoms. The van der Waals surface area contributed by atoms with Crippen molar-refractivity contribution in [1.29, 1.82) is 0 Å². The lowest BCUT2D eigenvalue weighted by Gasteiger charge is -2.18. The third kappa shape index (κ3) is 5.80. The molecule has 11 heteroatoms. The van der Waals surface area contributed by atoms with E-state index in [9.17, 15) is 9.00 Å². The molecule has 2 aromatic heterocycles. The van der Waals surface area contributed by atoms with Crippen molar-refractivity contribution in [2.45, 2.75) is 56.7 Å². The number of carbonyl (C=O) groups excluding carboxylic acids is 1. The lowest BCUT2D eigenvalue weighted by molar-refractivity contribution is -0.123. The van der Waals surface area contributed by atoms with E-state index in [0.29, 0.717) is 17.2 Å². The molecule has 4 rings (SSSR count). The van der Waals surface area contributed by atoms with Crippen molar-refractivity contribution in [3.63, 3.8) is 0 Å². The summed E-state index contributed by atoms with van der Waals surface area (Å²) in [6, 6.07) is 14.8. The molecule has 0 saturated carbocycles. The monoisotopic (exact) mass is 526 g/mol. The number of fused-ring (bicyclic) bond motifs is 1. The Balaban J connectivity index is 1.64. The van der Waals surface area contributed by atoms with Gasteiger partial charge < -0.3 is 5.32 Å². The van der Waals surface area contributed by atoms with Crippen LogP contribution in [0.3, 0.4) is 0 Å². The molecule has 0 radical (unpaired) electrons. The second-order valence-corrected chi connectivity index (χ2v) is 12.3. The van der Waals surface area contributed by atoms with Gasteiger partial charge in [-0.2, -0.15) is 4.63 Å². The van der Waals surface area contributed by atoms with Crippen molar-refractivity contribution in [2.75, 3.05) is 10.0 Å². The quantitative estimate of drug-likeness (QED) is 0.239. The standard InChI is InChI=1S/C25H30N6O3S2/c1-24(2,3)20-19(35-18-13-11-16(12-14-18)26-23(32)25(4,5)6)22-27-21(29-31(22)28-20)15-7-9-17(10-8-15)30-36(33)34/h7-14,28,30H,1-6H3,(H,26,32)(H,33,34). The Morgan fingerprint density at radius 3 is 2.17 bits per heavy atom. The van der Waals surface area contributed by atoms with Gasteiger partial charge in [-0.05, 0) is 48.5 Å². The number of rotatable bonds is 6. The fourth-order valence-electron chi connectivity index (χ4n) is 3.36. The van der Waals surface area contributed by atoms with Crippen molar-refractivity contribution in [2.24, 2.45) is 5.41 Å². The van der Waals surface area contributed by atoms with Gasteiger partial charge >= 0.3 is 0 Å². The van der Waals surface area contributed by atoms with Crippen molar-refractivity contribution in [1.82, 2.24) is 19.8 Å². The fraction of sp³-hybridized carbons (Fsp3) is 0.320. The minimum atomic E-state index is -2.13. The summed E-state index contributed by atoms with van der Waals surface area (Å²) in [6.07, 6.45) is 0. The van der Waals surface area contributed by atoms with Crippen LogP contribution in [0.25, 0.3) is 17.0 Å². The highest BCUT2D eigenvalue weighted by Gasteiger charge is 2.26. The van der Waals surface area contributed by atoms with Crippen LogP contribution >= 0.6 is 11.8 Å². The van der Waals surface area contributed by atoms with Gasteiger partial charge in [0.15, 0.2) is 11.5 Å². The van der Waals surface area contributed by atoms with Gasteiger partial charge in [0.1, 0.15) is 0 Å². The molecule has 36 heavy (non-hydrogen) atoms. The number of aromatic nitrogens is 4. The lowest BCUT2D eigenvalue weighted by atomic mass is 9.92. The van der Waals surface area contributed by atoms with Crippen LogP contribution in [0.15, 0.2) is 58.3 Å². The lowest BCUT2D eigenvalue weighted by Crippen LogP contribution is -2.27. The van der Waals surface area contributed by atoms with Gasteiger partial charge in [0, 0.05) is 32.7 Å². The second kappa shape index (κ2) is 9.72. The van der Waals surface area contributed by atoms with Crippen LogP contribution in [-0.4, -0.2) is 34.5 Å². The van der Waals surface area contributed by atoms with E-state index in [1.54, 1.807) is 40.7 Å². The highest BCUT2D eigenvalue weighted by atomic mass is 32.2. The van der Waals surface area contributed by atoms with Crippen LogP contribution in [-0.2, 0) is 21.5 Å². The molecule has 2 heterocycles. The molecule has 0 spiro atoms. The molecule has 2 aromatic carbocycles. The summed E-state index contributed by atoms with van der Waals surface area (Å²) >= 11 is -0.541. The molecule has 1 amide bonds. The van der Waals surface area contributed by atoms with Gasteiger partial charge in [-0.15, -0.1) is 5.10 Å². The van der Waals surface area contributed by atoms with Crippen LogP contribution in [0.2, 0.25) is 0 Å². The van der Waals surface area contributed by atoms with Crippen molar-refractivity contribution >= 4 is 46.0 Å². The number of aromatic amines is 1. The Morgan fingerprint density at radius 2 is 1.61 bits per heavy atom. The highest BCUT2D eigenvalue weighted by molar-refractivity contribution is 7.99. The van der Waals surface area contributed by atoms with E-state index in [1.165, 1.54) is 0 Å². The number of nitrogens with one attached hydrogen (secondary N) is 3. The average Bonchev–Trinajstić information content (AvgIpc) is 3.34. The van der Waals surface area contributed by atoms with E-state index in [4.69, 9.17) is 9.54 Å². The number of nitrogens with zero attached hydrogens (tertiary/aromatic N) is 3. The van der Waals surface area contributed by atoms with Gasteiger partial charge in [-0.3, -0.25) is 19.2 Å². The summed E-state index contributed by atoms with van der Waals surface area (Å²) in [7, 11) is 0. The smallest absolute Gasteiger partial charge is 0.259 e. The number of carbonyl (C=O) groups is 1. The molecule has 1 atom stereocenters. The zero-order valence-corrected chi connectivity index (χ0v) is 22.7. The number of hydrogen-bond donors (Lipinski definition) is 4. The van der Waals surface area contributed by atoms with Crippen LogP contribution in [0.4, 0.5) is 11.4 Å². The SMILES string of the molecule is CC(C)(C)C(=O)Nc1ccc(Sc2c(C(C)(C)C)[nH]n3nc(-c4ccc(NS(=O)O)cc4)nc23)cc1. The summed E-state index contributed by atoms with van der Waals surface area (Å²) in [6.45, 7) is 12.0. The van der Waals surface area contributed by atoms with Crippen LogP contribution in [0, 0.1) is 5.41 Å². The van der Waals surface area contributed by atoms with E-state index in [2.05, 4.69) is 41.0 Å². The summed E-state index contributed by atoms with van der Waals surface area (Å²) in [5.74, 6) is 0.509. The highest BCUT2D eigenvalue weighted by Crippen LogP contribution is 2.39. The minimum Gasteiger partial charge on any atom is -0.326 e. The number of anilines is 2. The van der Waals surface area contributed by atoms with E-state index in [0.717, 1.165) is 26.7 Å². The maximum Gasteiger partial charge on any atom is 0.259 e. The molecule has 9 nitrogen and oxygen atoms in total. The minimum absolute atomic E-state index is 0.0327. The number of benzene rings is 2. The molecule has 0 saturated heterocycles. The van der Waals surface area contributed by atoms with Gasteiger partial charge in [0.2, 0.25) is 5.91 Å². The van der Waals surface area contributed by atoms with Gasteiger partial charge in [0.25, 0.3) is 11.3 Å². The Labute approximate surface area is 216 Å². The number of hydrogen-bond acceptors (Lipinski definition) is 5. The molecule has 0 aliphatic carbocycles. The van der Waals surface area contributed by atoms with E-state index < -0.39 is 16.7 Å². The molecule has 0 fully saturated rings. The van der Waals surface area contributed by atoms with Crippen molar-refractivity contribution < 1.29 is 13.6 Å². The van der Waals surface area contributed by atoms with Gasteiger partial charge in [-0.1, -0.05) is 53.3 Å². The van der Waals surface area contributed by atoms with E-state index in [-0.39, 0.29) is 11.3 Å². The first kappa shape index (κ1) is 25.9. The maximum absolute atomic E-state index is 12.3. The molecular weight excluding hydrogens is 496 g/mol. The first-order valence-electron chi connectivity index (χ1n) is 11.4. The average molecular weight is 527 g/mol. The summed E-state index contributed by atoms with van der Waals surface area (Å²) in [4.78, 5) is 19.1. The predicted molar refractivity (Wildman–Crippen MR) is 145 cm³/mol. The summed E-state index contributed by atoms with van der Waals surface area (Å²) in [5.41, 5.74) is 3.16. The Bertz CT molecular complexity index is 1410. The fourth-order valence-corrected chi connectivity index (χ4v) is 4.89. The van der Waals surface area contributed by atoms with Crippen LogP contribution in [0.5, 0.6) is 0 Å². The molecule has 0 aliphatic rings. The third-order valence-corrected chi connectivity index (χ3v) is 6.88. The van der Waals surface area contributed by atoms with Crippen LogP contribution in [0.1, 0.15) is 47.2 Å². The molecule has 0 aliphatic heterocycles. The van der Waals surface area contributed by atoms with E-state index in [1.807, 2.05) is 45.0 Å². The second-order valence-electron chi connectivity index (χ2n) is 10.5. The Hall–Kier alpha value is -3.15. The first-order valence-corrected chi connectivity index (χ1v) is 13.3. The molecule has 1 unspecified atom stereocenters. The first-order chi connectivity index (χ1) is 16.8. The van der Waals surface area contributed by atoms with E-state index >= 15 is 0 Å². The number of amides is 1. The van der Waals surface area contributed by atoms with Crippen LogP contribution < -0.4 is 10.0 Å². The Morgan fingerprint density at radius 1 is 1.00 bits per heavy atom. The van der Waals surface area contributed by atoms with Crippen molar-refractivity contribution in [3.05, 3.63) is 54.2 Å². The normalized spacial score (nSPS) is 13.1. The van der Waals surface area contributed by atoms with Gasteiger partial charge in [-0.25, -0.2) is 9.19 Å². The zero-order chi connectivity index (χ0) is 26.3. The summed E-state index contributed by atoms with van der Waals surface area (Å²) in [5, 5.41) is 11.0. The molecular formula is C25H30N6O3S2. The zero-order valence-electron chi connectivity index (χ0n) is 21.0. The molecule has 190 valence electrons. The van der Waals surface area contributed by atoms with Gasteiger partial charge in [0.05, 0.1) is 10.6 Å². The van der Waals surface area contributed by atoms with Crippen molar-refractivity contribution in [3.8, 4) is 11.4 Å². The predicted octanol–water partition coefficient (Wildman–Crippen LogP) is 5.71. The summed E-state index contributed by atoms with van der Waals surface area (Å²) < 4.78 is 24.1. The largest absolute Gasteiger partial charge is 0.326 e. The number of H-pyrrole nitrogens is 1. The third-order valence-electron chi connectivity index (χ3n) is 5.37. The Kier molecular flexibility index (Phi) is 7.00. The molecule has 4 aromatic rings. The topological polar surface area (TPSA) is 124 Å².